The number of ether oxygens (including phenoxy) is 1. The average molecular weight is 456 g/mol. The maximum atomic E-state index is 12.8. The SMILES string of the molecule is O=C(O)c1ccc(C(=O)NC[C@H]2OC[C@H](Nc3cncc(C(F)(F)F)n3)[C@@H](O)[C@H]2O)cc1. The van der Waals surface area contributed by atoms with Crippen molar-refractivity contribution in [2.24, 2.45) is 0 Å². The molecular formula is C19H19F3N4O6. The third-order valence-corrected chi connectivity index (χ3v) is 4.75. The number of aliphatic hydroxyl groups is 2. The topological polar surface area (TPSA) is 154 Å². The Morgan fingerprint density at radius 2 is 1.75 bits per heavy atom. The summed E-state index contributed by atoms with van der Waals surface area (Å²) in [5.74, 6) is -1.94. The average Bonchev–Trinajstić information content (AvgIpc) is 2.76. The van der Waals surface area contributed by atoms with Crippen molar-refractivity contribution in [3.8, 4) is 0 Å². The fraction of sp³-hybridized carbons (Fsp3) is 0.368. The molecule has 32 heavy (non-hydrogen) atoms. The van der Waals surface area contributed by atoms with Crippen LogP contribution >= 0.6 is 0 Å². The van der Waals surface area contributed by atoms with Gasteiger partial charge in [-0.2, -0.15) is 13.2 Å². The Balaban J connectivity index is 1.55. The van der Waals surface area contributed by atoms with Gasteiger partial charge < -0.3 is 30.7 Å². The number of alkyl halides is 3. The molecule has 3 rings (SSSR count). The normalized spacial score (nSPS) is 23.4. The van der Waals surface area contributed by atoms with E-state index in [1.54, 1.807) is 0 Å². The van der Waals surface area contributed by atoms with E-state index in [2.05, 4.69) is 20.6 Å². The summed E-state index contributed by atoms with van der Waals surface area (Å²) in [5.41, 5.74) is -1.02. The van der Waals surface area contributed by atoms with E-state index in [1.165, 1.54) is 24.3 Å². The zero-order valence-corrected chi connectivity index (χ0v) is 16.3. The van der Waals surface area contributed by atoms with Crippen molar-refractivity contribution in [3.63, 3.8) is 0 Å². The van der Waals surface area contributed by atoms with Gasteiger partial charge >= 0.3 is 12.1 Å². The van der Waals surface area contributed by atoms with Crippen molar-refractivity contribution < 1.29 is 42.8 Å². The van der Waals surface area contributed by atoms with Gasteiger partial charge in [0.15, 0.2) is 5.69 Å². The number of benzene rings is 1. The minimum atomic E-state index is -4.69. The highest BCUT2D eigenvalue weighted by atomic mass is 19.4. The first-order chi connectivity index (χ1) is 15.1. The molecule has 10 nitrogen and oxygen atoms in total. The van der Waals surface area contributed by atoms with Crippen LogP contribution in [0.4, 0.5) is 19.0 Å². The van der Waals surface area contributed by atoms with E-state index in [4.69, 9.17) is 9.84 Å². The Hall–Kier alpha value is -3.29. The summed E-state index contributed by atoms with van der Waals surface area (Å²) in [5, 5.41) is 34.6. The number of rotatable bonds is 6. The lowest BCUT2D eigenvalue weighted by molar-refractivity contribution is -0.141. The minimum absolute atomic E-state index is 0.0136. The standard InChI is InChI=1S/C19H19F3N4O6/c20-19(21,22)13-6-23-7-14(26-13)25-11-8-32-12(16(28)15(11)27)5-24-17(29)9-1-3-10(4-2-9)18(30)31/h1-4,6-7,11-12,15-16,27-28H,5,8H2,(H,24,29)(H,25,26)(H,30,31)/t11-,12+,15+,16-/m0/s1. The number of hydrogen-bond acceptors (Lipinski definition) is 8. The maximum Gasteiger partial charge on any atom is 0.434 e. The van der Waals surface area contributed by atoms with Crippen molar-refractivity contribution in [2.45, 2.75) is 30.5 Å². The number of carboxylic acids is 1. The van der Waals surface area contributed by atoms with Gasteiger partial charge in [-0.15, -0.1) is 0 Å². The number of aromatic carboxylic acids is 1. The third-order valence-electron chi connectivity index (χ3n) is 4.75. The van der Waals surface area contributed by atoms with E-state index < -0.39 is 48.1 Å². The van der Waals surface area contributed by atoms with Crippen molar-refractivity contribution in [1.82, 2.24) is 15.3 Å². The highest BCUT2D eigenvalue weighted by Crippen LogP contribution is 2.28. The molecule has 0 spiro atoms. The minimum Gasteiger partial charge on any atom is -0.478 e. The van der Waals surface area contributed by atoms with E-state index in [1.807, 2.05) is 0 Å². The molecule has 0 radical (unpaired) electrons. The molecular weight excluding hydrogens is 437 g/mol. The summed E-state index contributed by atoms with van der Waals surface area (Å²) >= 11 is 0. The molecule has 0 saturated carbocycles. The number of aliphatic hydroxyl groups excluding tert-OH is 2. The second-order valence-corrected chi connectivity index (χ2v) is 6.98. The summed E-state index contributed by atoms with van der Waals surface area (Å²) in [6, 6.07) is 4.20. The van der Waals surface area contributed by atoms with Gasteiger partial charge in [-0.25, -0.2) is 9.78 Å². The number of nitrogens with one attached hydrogen (secondary N) is 2. The zero-order valence-electron chi connectivity index (χ0n) is 16.3. The second kappa shape index (κ2) is 9.46. The molecule has 13 heteroatoms. The van der Waals surface area contributed by atoms with Gasteiger partial charge in [0.25, 0.3) is 5.91 Å². The van der Waals surface area contributed by atoms with Gasteiger partial charge in [0.2, 0.25) is 0 Å². The first kappa shape index (κ1) is 23.4. The number of anilines is 1. The first-order valence-corrected chi connectivity index (χ1v) is 9.31. The van der Waals surface area contributed by atoms with Crippen LogP contribution in [-0.2, 0) is 10.9 Å². The molecule has 0 aliphatic carbocycles. The fourth-order valence-electron chi connectivity index (χ4n) is 3.01. The number of aromatic nitrogens is 2. The van der Waals surface area contributed by atoms with Crippen LogP contribution in [0.1, 0.15) is 26.4 Å². The van der Waals surface area contributed by atoms with Crippen LogP contribution < -0.4 is 10.6 Å². The van der Waals surface area contributed by atoms with Gasteiger partial charge in [0.1, 0.15) is 24.1 Å². The zero-order chi connectivity index (χ0) is 23.5. The quantitative estimate of drug-likeness (QED) is 0.419. The van der Waals surface area contributed by atoms with Crippen LogP contribution in [0.25, 0.3) is 0 Å². The van der Waals surface area contributed by atoms with Crippen molar-refractivity contribution >= 4 is 17.7 Å². The second-order valence-electron chi connectivity index (χ2n) is 6.98. The molecule has 1 aliphatic rings. The van der Waals surface area contributed by atoms with Crippen LogP contribution in [0, 0.1) is 0 Å². The fourth-order valence-corrected chi connectivity index (χ4v) is 3.01. The highest BCUT2D eigenvalue weighted by molar-refractivity contribution is 5.95. The number of hydrogen-bond donors (Lipinski definition) is 5. The molecule has 5 N–H and O–H groups in total. The maximum absolute atomic E-state index is 12.8. The van der Waals surface area contributed by atoms with Crippen molar-refractivity contribution in [3.05, 3.63) is 53.5 Å². The lowest BCUT2D eigenvalue weighted by Gasteiger charge is -2.38. The van der Waals surface area contributed by atoms with E-state index in [9.17, 15) is 33.0 Å². The molecule has 4 atom stereocenters. The predicted molar refractivity (Wildman–Crippen MR) is 102 cm³/mol. The van der Waals surface area contributed by atoms with Gasteiger partial charge in [-0.1, -0.05) is 0 Å². The Kier molecular flexibility index (Phi) is 6.91. The Bertz CT molecular complexity index is 972. The molecule has 1 aromatic heterocycles. The third kappa shape index (κ3) is 5.49. The van der Waals surface area contributed by atoms with E-state index in [0.717, 1.165) is 6.20 Å². The molecule has 172 valence electrons. The first-order valence-electron chi connectivity index (χ1n) is 9.31. The van der Waals surface area contributed by atoms with Crippen LogP contribution in [0.15, 0.2) is 36.7 Å². The van der Waals surface area contributed by atoms with Gasteiger partial charge in [0.05, 0.1) is 30.6 Å². The van der Waals surface area contributed by atoms with Gasteiger partial charge in [-0.05, 0) is 24.3 Å². The van der Waals surface area contributed by atoms with Gasteiger partial charge in [0, 0.05) is 12.1 Å². The number of carboxylic acid groups (broad SMARTS) is 1. The molecule has 1 fully saturated rings. The molecule has 2 aromatic rings. The molecule has 0 bridgehead atoms. The van der Waals surface area contributed by atoms with E-state index in [0.29, 0.717) is 6.20 Å². The summed E-state index contributed by atoms with van der Waals surface area (Å²) in [6.07, 6.45) is -6.98. The summed E-state index contributed by atoms with van der Waals surface area (Å²) in [6.45, 7) is -0.363. The number of carbonyl (C=O) groups is 2. The number of nitrogens with zero attached hydrogens (tertiary/aromatic N) is 2. The summed E-state index contributed by atoms with van der Waals surface area (Å²) in [7, 11) is 0. The number of carbonyl (C=O) groups excluding carboxylic acids is 1. The monoisotopic (exact) mass is 456 g/mol. The van der Waals surface area contributed by atoms with E-state index in [-0.39, 0.29) is 30.1 Å². The van der Waals surface area contributed by atoms with Gasteiger partial charge in [-0.3, -0.25) is 9.78 Å². The van der Waals surface area contributed by atoms with Crippen LogP contribution in [0.3, 0.4) is 0 Å². The Morgan fingerprint density at radius 1 is 1.09 bits per heavy atom. The summed E-state index contributed by atoms with van der Waals surface area (Å²) < 4.78 is 43.7. The van der Waals surface area contributed by atoms with E-state index >= 15 is 0 Å². The molecule has 1 aliphatic heterocycles. The predicted octanol–water partition coefficient (Wildman–Crippen LogP) is 0.525. The Labute approximate surface area is 179 Å². The smallest absolute Gasteiger partial charge is 0.434 e. The molecule has 1 amide bonds. The molecule has 0 unspecified atom stereocenters. The molecule has 1 saturated heterocycles. The van der Waals surface area contributed by atoms with Crippen LogP contribution in [-0.4, -0.2) is 74.7 Å². The molecule has 1 aromatic carbocycles. The highest BCUT2D eigenvalue weighted by Gasteiger charge is 2.39. The van der Waals surface area contributed by atoms with Crippen LogP contribution in [0.5, 0.6) is 0 Å². The lowest BCUT2D eigenvalue weighted by atomic mass is 9.98. The van der Waals surface area contributed by atoms with Crippen LogP contribution in [0.2, 0.25) is 0 Å². The van der Waals surface area contributed by atoms with Crippen molar-refractivity contribution in [1.29, 1.82) is 0 Å². The Morgan fingerprint density at radius 3 is 2.38 bits per heavy atom. The lowest BCUT2D eigenvalue weighted by Crippen LogP contribution is -2.58. The number of halogens is 3. The largest absolute Gasteiger partial charge is 0.478 e. The molecule has 2 heterocycles. The number of amides is 1. The summed E-state index contributed by atoms with van der Waals surface area (Å²) in [4.78, 5) is 29.9. The van der Waals surface area contributed by atoms with Crippen molar-refractivity contribution in [2.75, 3.05) is 18.5 Å².